The van der Waals surface area contributed by atoms with E-state index in [4.69, 9.17) is 10.1 Å². The third-order valence-electron chi connectivity index (χ3n) is 6.24. The van der Waals surface area contributed by atoms with Gasteiger partial charge in [-0.05, 0) is 23.6 Å². The van der Waals surface area contributed by atoms with E-state index in [-0.39, 0.29) is 20.1 Å². The quantitative estimate of drug-likeness (QED) is 0.216. The Bertz CT molecular complexity index is 1560. The van der Waals surface area contributed by atoms with Crippen molar-refractivity contribution >= 4 is 11.0 Å². The van der Waals surface area contributed by atoms with Crippen LogP contribution in [0.25, 0.3) is 50.4 Å². The summed E-state index contributed by atoms with van der Waals surface area (Å²) in [6.07, 6.45) is 1.60. The van der Waals surface area contributed by atoms with E-state index in [1.807, 2.05) is 42.9 Å². The molecule has 0 N–H and O–H groups in total. The van der Waals surface area contributed by atoms with Crippen LogP contribution in [0.1, 0.15) is 5.82 Å². The Morgan fingerprint density at radius 1 is 0.800 bits per heavy atom. The molecular weight excluding hydrogens is 611 g/mol. The van der Waals surface area contributed by atoms with E-state index < -0.39 is 0 Å². The first-order valence-corrected chi connectivity index (χ1v) is 11.2. The molecule has 2 heterocycles. The van der Waals surface area contributed by atoms with E-state index in [9.17, 15) is 0 Å². The summed E-state index contributed by atoms with van der Waals surface area (Å²) < 4.78 is 4.00. The van der Waals surface area contributed by atoms with Gasteiger partial charge < -0.3 is 4.57 Å². The van der Waals surface area contributed by atoms with Crippen LogP contribution in [0.5, 0.6) is 0 Å². The summed E-state index contributed by atoms with van der Waals surface area (Å²) >= 11 is 0. The average molecular weight is 633 g/mol. The van der Waals surface area contributed by atoms with Crippen LogP contribution in [0.15, 0.2) is 97.3 Å². The second-order valence-corrected chi connectivity index (χ2v) is 8.26. The number of para-hydroxylation sites is 1. The molecule has 35 heavy (non-hydrogen) atoms. The number of hydrogen-bond acceptors (Lipinski definition) is 3. The zero-order valence-corrected chi connectivity index (χ0v) is 21.7. The first-order valence-electron chi connectivity index (χ1n) is 11.2. The molecule has 2 aromatic heterocycles. The monoisotopic (exact) mass is 633 g/mol. The molecule has 6 rings (SSSR count). The summed E-state index contributed by atoms with van der Waals surface area (Å²) in [5, 5.41) is 4.70. The number of aromatic nitrogens is 5. The molecule has 173 valence electrons. The molecule has 0 unspecified atom stereocenters. The van der Waals surface area contributed by atoms with Gasteiger partial charge in [0.15, 0.2) is 0 Å². The molecule has 5 nitrogen and oxygen atoms in total. The van der Waals surface area contributed by atoms with Gasteiger partial charge in [-0.25, -0.2) is 0 Å². The van der Waals surface area contributed by atoms with Crippen molar-refractivity contribution in [2.75, 3.05) is 0 Å². The maximum absolute atomic E-state index is 4.70. The Labute approximate surface area is 217 Å². The minimum absolute atomic E-state index is 0. The summed E-state index contributed by atoms with van der Waals surface area (Å²) in [5.41, 5.74) is 8.22. The Kier molecular flexibility index (Phi) is 6.16. The standard InChI is InChI=1S/C29H22N5.Ir/c1-20-32-26-18-23(16-17-27(26)33(20)2)29-30-19-31-34(29)28-24(21-10-5-3-6-11-21)14-9-15-25(28)22-12-7-4-8-13-22;/h3-15,17-19H,1-2H3;/q-1;. The van der Waals surface area contributed by atoms with Crippen molar-refractivity contribution < 1.29 is 20.1 Å². The van der Waals surface area contributed by atoms with E-state index in [1.54, 1.807) is 6.33 Å². The molecule has 0 aliphatic heterocycles. The maximum atomic E-state index is 4.70. The Morgan fingerprint density at radius 2 is 1.43 bits per heavy atom. The third kappa shape index (κ3) is 4.01. The van der Waals surface area contributed by atoms with Crippen LogP contribution in [0.2, 0.25) is 0 Å². The van der Waals surface area contributed by atoms with Crippen molar-refractivity contribution in [1.29, 1.82) is 0 Å². The summed E-state index contributed by atoms with van der Waals surface area (Å²) in [6.45, 7) is 2.00. The van der Waals surface area contributed by atoms with Crippen LogP contribution < -0.4 is 0 Å². The normalized spacial score (nSPS) is 10.9. The minimum Gasteiger partial charge on any atom is -0.371 e. The fraction of sp³-hybridized carbons (Fsp3) is 0.0690. The summed E-state index contributed by atoms with van der Waals surface area (Å²) in [6, 6.07) is 34.6. The Balaban J connectivity index is 0.00000253. The zero-order chi connectivity index (χ0) is 23.1. The Morgan fingerprint density at radius 3 is 2.06 bits per heavy atom. The molecule has 6 heteroatoms. The number of hydrogen-bond donors (Lipinski definition) is 0. The molecule has 0 saturated carbocycles. The van der Waals surface area contributed by atoms with Crippen LogP contribution in [0, 0.1) is 13.0 Å². The van der Waals surface area contributed by atoms with Crippen molar-refractivity contribution in [3.05, 3.63) is 109 Å². The molecule has 0 fully saturated rings. The first-order chi connectivity index (χ1) is 16.7. The van der Waals surface area contributed by atoms with Crippen LogP contribution in [0.3, 0.4) is 0 Å². The molecule has 0 aliphatic carbocycles. The second-order valence-electron chi connectivity index (χ2n) is 8.26. The summed E-state index contributed by atoms with van der Waals surface area (Å²) in [4.78, 5) is 9.36. The summed E-state index contributed by atoms with van der Waals surface area (Å²) in [7, 11) is 2.02. The molecule has 0 amide bonds. The van der Waals surface area contributed by atoms with Gasteiger partial charge in [-0.15, -0.1) is 23.8 Å². The number of rotatable bonds is 4. The number of aryl methyl sites for hydroxylation is 2. The van der Waals surface area contributed by atoms with Crippen molar-refractivity contribution in [3.63, 3.8) is 0 Å². The van der Waals surface area contributed by atoms with E-state index in [0.29, 0.717) is 0 Å². The van der Waals surface area contributed by atoms with Gasteiger partial charge in [-0.2, -0.15) is 5.10 Å². The van der Waals surface area contributed by atoms with Crippen molar-refractivity contribution in [1.82, 2.24) is 24.3 Å². The number of fused-ring (bicyclic) bond motifs is 1. The molecular formula is C29H22IrN5-. The Hall–Kier alpha value is -3.86. The molecule has 1 radical (unpaired) electrons. The average Bonchev–Trinajstić information content (AvgIpc) is 3.49. The molecule has 0 atom stereocenters. The topological polar surface area (TPSA) is 48.5 Å². The van der Waals surface area contributed by atoms with Crippen LogP contribution >= 0.6 is 0 Å². The zero-order valence-electron chi connectivity index (χ0n) is 19.3. The minimum atomic E-state index is 0. The third-order valence-corrected chi connectivity index (χ3v) is 6.24. The first kappa shape index (κ1) is 22.9. The molecule has 6 aromatic rings. The van der Waals surface area contributed by atoms with Crippen molar-refractivity contribution in [2.45, 2.75) is 6.92 Å². The van der Waals surface area contributed by atoms with Crippen LogP contribution in [0.4, 0.5) is 0 Å². The van der Waals surface area contributed by atoms with Crippen molar-refractivity contribution in [2.24, 2.45) is 7.05 Å². The van der Waals surface area contributed by atoms with E-state index in [1.165, 1.54) is 0 Å². The van der Waals surface area contributed by atoms with Gasteiger partial charge >= 0.3 is 0 Å². The van der Waals surface area contributed by atoms with Gasteiger partial charge in [0.25, 0.3) is 0 Å². The van der Waals surface area contributed by atoms with E-state index in [0.717, 1.165) is 56.2 Å². The molecule has 0 aliphatic rings. The smallest absolute Gasteiger partial charge is 0.127 e. The largest absolute Gasteiger partial charge is 0.371 e. The van der Waals surface area contributed by atoms with Gasteiger partial charge in [-0.3, -0.25) is 14.6 Å². The fourth-order valence-corrected chi connectivity index (χ4v) is 4.45. The second kappa shape index (κ2) is 9.41. The molecule has 0 bridgehead atoms. The van der Waals surface area contributed by atoms with Gasteiger partial charge in [-0.1, -0.05) is 78.9 Å². The summed E-state index contributed by atoms with van der Waals surface area (Å²) in [5.74, 6) is 1.69. The van der Waals surface area contributed by atoms with Crippen LogP contribution in [-0.2, 0) is 27.2 Å². The number of nitrogens with zero attached hydrogens (tertiary/aromatic N) is 5. The predicted octanol–water partition coefficient (Wildman–Crippen LogP) is 6.26. The van der Waals surface area contributed by atoms with Gasteiger partial charge in [0.2, 0.25) is 0 Å². The van der Waals surface area contributed by atoms with E-state index in [2.05, 4.69) is 82.3 Å². The SMILES string of the molecule is Cc1nc2cc(-c3ncnn3-c3c(-c4ccccc4)cccc3-c3ccccc3)[c-]cc2n1C.[Ir]. The van der Waals surface area contributed by atoms with Crippen LogP contribution in [-0.4, -0.2) is 24.3 Å². The maximum Gasteiger partial charge on any atom is 0.127 e. The van der Waals surface area contributed by atoms with Crippen molar-refractivity contribution in [3.8, 4) is 39.3 Å². The molecule has 0 spiro atoms. The number of imidazole rings is 1. The number of benzene rings is 4. The van der Waals surface area contributed by atoms with E-state index >= 15 is 0 Å². The van der Waals surface area contributed by atoms with Gasteiger partial charge in [0, 0.05) is 43.8 Å². The van der Waals surface area contributed by atoms with Gasteiger partial charge in [0.05, 0.1) is 17.3 Å². The molecule has 0 saturated heterocycles. The molecule has 4 aromatic carbocycles. The fourth-order valence-electron chi connectivity index (χ4n) is 4.45. The predicted molar refractivity (Wildman–Crippen MR) is 136 cm³/mol. The van der Waals surface area contributed by atoms with Gasteiger partial charge in [0.1, 0.15) is 6.33 Å².